The third-order valence-corrected chi connectivity index (χ3v) is 9.29. The molecule has 2 amide bonds. The van der Waals surface area contributed by atoms with Crippen molar-refractivity contribution < 1.29 is 18.0 Å². The fourth-order valence-electron chi connectivity index (χ4n) is 4.01. The Hall–Kier alpha value is -3.07. The van der Waals surface area contributed by atoms with Crippen LogP contribution in [0.5, 0.6) is 0 Å². The maximum absolute atomic E-state index is 14.0. The van der Waals surface area contributed by atoms with Crippen LogP contribution in [0.25, 0.3) is 0 Å². The first-order valence-corrected chi connectivity index (χ1v) is 15.2. The molecule has 0 aliphatic heterocycles. The largest absolute Gasteiger partial charge is 0.352 e. The molecule has 0 unspecified atom stereocenters. The second-order valence-corrected chi connectivity index (χ2v) is 12.6. The molecular formula is C30H35Cl2N3O4S. The second-order valence-electron chi connectivity index (χ2n) is 9.84. The molecule has 40 heavy (non-hydrogen) atoms. The number of sulfonamides is 1. The van der Waals surface area contributed by atoms with Crippen molar-refractivity contribution in [1.82, 2.24) is 10.2 Å². The predicted molar refractivity (Wildman–Crippen MR) is 161 cm³/mol. The van der Waals surface area contributed by atoms with E-state index in [9.17, 15) is 18.0 Å². The van der Waals surface area contributed by atoms with Crippen molar-refractivity contribution in [2.75, 3.05) is 10.8 Å². The number of rotatable bonds is 11. The van der Waals surface area contributed by atoms with E-state index in [2.05, 4.69) is 5.32 Å². The van der Waals surface area contributed by atoms with Gasteiger partial charge in [0.15, 0.2) is 0 Å². The fourth-order valence-corrected chi connectivity index (χ4v) is 5.91. The van der Waals surface area contributed by atoms with Crippen LogP contribution in [0.15, 0.2) is 71.6 Å². The molecule has 0 aliphatic carbocycles. The third-order valence-electron chi connectivity index (χ3n) is 6.91. The van der Waals surface area contributed by atoms with E-state index in [0.29, 0.717) is 27.7 Å². The Bertz CT molecular complexity index is 1470. The smallest absolute Gasteiger partial charge is 0.264 e. The zero-order chi connectivity index (χ0) is 29.6. The number of anilines is 1. The zero-order valence-electron chi connectivity index (χ0n) is 23.3. The predicted octanol–water partition coefficient (Wildman–Crippen LogP) is 6.14. The number of nitrogens with one attached hydrogen (secondary N) is 1. The van der Waals surface area contributed by atoms with Crippen LogP contribution in [-0.4, -0.2) is 43.8 Å². The van der Waals surface area contributed by atoms with Crippen molar-refractivity contribution in [3.63, 3.8) is 0 Å². The first-order valence-electron chi connectivity index (χ1n) is 13.0. The number of hydrogen-bond donors (Lipinski definition) is 1. The van der Waals surface area contributed by atoms with Crippen LogP contribution >= 0.6 is 23.2 Å². The average molecular weight is 605 g/mol. The fraction of sp³-hybridized carbons (Fsp3) is 0.333. The first-order chi connectivity index (χ1) is 18.8. The Labute approximate surface area is 247 Å². The minimum absolute atomic E-state index is 0.0178. The first kappa shape index (κ1) is 31.5. The number of amides is 2. The Balaban J connectivity index is 2.06. The summed E-state index contributed by atoms with van der Waals surface area (Å²) in [4.78, 5) is 28.6. The molecule has 0 aromatic heterocycles. The van der Waals surface area contributed by atoms with Gasteiger partial charge in [0.05, 0.1) is 10.6 Å². The summed E-state index contributed by atoms with van der Waals surface area (Å²) in [7, 11) is -4.13. The molecule has 0 saturated carbocycles. The summed E-state index contributed by atoms with van der Waals surface area (Å²) in [6.45, 7) is 8.70. The van der Waals surface area contributed by atoms with Gasteiger partial charge < -0.3 is 10.2 Å². The molecule has 0 fully saturated rings. The van der Waals surface area contributed by atoms with Crippen LogP contribution in [0.4, 0.5) is 5.69 Å². The van der Waals surface area contributed by atoms with E-state index in [-0.39, 0.29) is 23.4 Å². The molecule has 3 rings (SSSR count). The average Bonchev–Trinajstić information content (AvgIpc) is 2.92. The Morgan fingerprint density at radius 3 is 2.20 bits per heavy atom. The topological polar surface area (TPSA) is 86.8 Å². The van der Waals surface area contributed by atoms with Crippen LogP contribution in [0.2, 0.25) is 10.0 Å². The van der Waals surface area contributed by atoms with E-state index in [4.69, 9.17) is 23.2 Å². The van der Waals surface area contributed by atoms with E-state index in [1.165, 1.54) is 17.0 Å². The maximum Gasteiger partial charge on any atom is 0.264 e. The summed E-state index contributed by atoms with van der Waals surface area (Å²) in [6.07, 6.45) is 0.714. The van der Waals surface area contributed by atoms with E-state index >= 15 is 0 Å². The minimum atomic E-state index is -4.13. The van der Waals surface area contributed by atoms with Gasteiger partial charge in [0.2, 0.25) is 11.8 Å². The molecular weight excluding hydrogens is 569 g/mol. The van der Waals surface area contributed by atoms with Gasteiger partial charge in [-0.2, -0.15) is 0 Å². The summed E-state index contributed by atoms with van der Waals surface area (Å²) in [5.74, 6) is -0.910. The Morgan fingerprint density at radius 1 is 0.925 bits per heavy atom. The highest BCUT2D eigenvalue weighted by atomic mass is 35.5. The highest BCUT2D eigenvalue weighted by Crippen LogP contribution is 2.27. The molecule has 10 heteroatoms. The summed E-state index contributed by atoms with van der Waals surface area (Å²) < 4.78 is 28.8. The van der Waals surface area contributed by atoms with Crippen molar-refractivity contribution in [1.29, 1.82) is 0 Å². The molecule has 2 atom stereocenters. The van der Waals surface area contributed by atoms with Crippen LogP contribution in [0.1, 0.15) is 43.9 Å². The van der Waals surface area contributed by atoms with Crippen molar-refractivity contribution >= 4 is 50.7 Å². The van der Waals surface area contributed by atoms with Gasteiger partial charge in [-0.15, -0.1) is 0 Å². The highest BCUT2D eigenvalue weighted by molar-refractivity contribution is 7.92. The molecule has 0 radical (unpaired) electrons. The van der Waals surface area contributed by atoms with Gasteiger partial charge in [0, 0.05) is 22.6 Å². The molecule has 3 aromatic rings. The van der Waals surface area contributed by atoms with E-state index < -0.39 is 28.5 Å². The molecule has 0 spiro atoms. The SMILES string of the molecule is CC[C@@H](C)NC(=O)[C@H](C)N(Cc1ccc(Cl)cc1Cl)C(=O)CN(c1ccc(C)c(C)c1)S(=O)(=O)c1ccccc1. The molecule has 0 aliphatic rings. The van der Waals surface area contributed by atoms with Gasteiger partial charge >= 0.3 is 0 Å². The quantitative estimate of drug-likeness (QED) is 0.285. The lowest BCUT2D eigenvalue weighted by molar-refractivity contribution is -0.139. The number of nitrogens with zero attached hydrogens (tertiary/aromatic N) is 2. The Kier molecular flexibility index (Phi) is 10.6. The van der Waals surface area contributed by atoms with Crippen molar-refractivity contribution in [2.45, 2.75) is 64.6 Å². The van der Waals surface area contributed by atoms with E-state index in [1.807, 2.05) is 33.8 Å². The van der Waals surface area contributed by atoms with Gasteiger partial charge in [-0.1, -0.05) is 60.5 Å². The number of carbonyl (C=O) groups is 2. The van der Waals surface area contributed by atoms with Gasteiger partial charge in [-0.25, -0.2) is 8.42 Å². The Morgan fingerprint density at radius 2 is 1.60 bits per heavy atom. The summed E-state index contributed by atoms with van der Waals surface area (Å²) in [6, 6.07) is 17.1. The van der Waals surface area contributed by atoms with Crippen LogP contribution in [0, 0.1) is 13.8 Å². The molecule has 1 N–H and O–H groups in total. The third kappa shape index (κ3) is 7.56. The molecule has 0 bridgehead atoms. The van der Waals surface area contributed by atoms with Crippen LogP contribution in [-0.2, 0) is 26.2 Å². The lowest BCUT2D eigenvalue weighted by Gasteiger charge is -2.32. The minimum Gasteiger partial charge on any atom is -0.352 e. The molecule has 214 valence electrons. The highest BCUT2D eigenvalue weighted by Gasteiger charge is 2.33. The molecule has 7 nitrogen and oxygen atoms in total. The van der Waals surface area contributed by atoms with Crippen molar-refractivity contribution in [2.24, 2.45) is 0 Å². The van der Waals surface area contributed by atoms with Crippen LogP contribution in [0.3, 0.4) is 0 Å². The van der Waals surface area contributed by atoms with E-state index in [0.717, 1.165) is 15.4 Å². The number of carbonyl (C=O) groups excluding carboxylic acids is 2. The number of aryl methyl sites for hydroxylation is 2. The number of benzene rings is 3. The number of halogens is 2. The zero-order valence-corrected chi connectivity index (χ0v) is 25.6. The molecule has 3 aromatic carbocycles. The van der Waals surface area contributed by atoms with Crippen molar-refractivity contribution in [3.05, 3.63) is 93.5 Å². The van der Waals surface area contributed by atoms with Gasteiger partial charge in [0.1, 0.15) is 12.6 Å². The maximum atomic E-state index is 14.0. The lowest BCUT2D eigenvalue weighted by atomic mass is 10.1. The summed E-state index contributed by atoms with van der Waals surface area (Å²) >= 11 is 12.5. The second kappa shape index (κ2) is 13.5. The lowest BCUT2D eigenvalue weighted by Crippen LogP contribution is -2.52. The van der Waals surface area contributed by atoms with Gasteiger partial charge in [-0.05, 0) is 87.2 Å². The van der Waals surface area contributed by atoms with Gasteiger partial charge in [0.25, 0.3) is 10.0 Å². The van der Waals surface area contributed by atoms with Crippen molar-refractivity contribution in [3.8, 4) is 0 Å². The molecule has 0 saturated heterocycles. The normalized spacial score (nSPS) is 12.9. The summed E-state index contributed by atoms with van der Waals surface area (Å²) in [5, 5.41) is 3.68. The molecule has 0 heterocycles. The monoisotopic (exact) mass is 603 g/mol. The van der Waals surface area contributed by atoms with Crippen LogP contribution < -0.4 is 9.62 Å². The van der Waals surface area contributed by atoms with Gasteiger partial charge in [-0.3, -0.25) is 13.9 Å². The summed E-state index contributed by atoms with van der Waals surface area (Å²) in [5.41, 5.74) is 2.79. The standard InChI is InChI=1S/C30H35Cl2N3O4S/c1-6-22(4)33-30(37)23(5)34(18-24-13-14-25(31)17-28(24)32)29(36)19-35(26-15-12-20(2)21(3)16-26)40(38,39)27-10-8-7-9-11-27/h7-17,22-23H,6,18-19H2,1-5H3,(H,33,37)/t22-,23+/m1/s1. The number of hydrogen-bond acceptors (Lipinski definition) is 4. The van der Waals surface area contributed by atoms with E-state index in [1.54, 1.807) is 55.5 Å².